The van der Waals surface area contributed by atoms with Crippen molar-refractivity contribution in [1.29, 1.82) is 0 Å². The van der Waals surface area contributed by atoms with Crippen molar-refractivity contribution in [3.8, 4) is 0 Å². The molecule has 1 unspecified atom stereocenters. The Morgan fingerprint density at radius 2 is 2.00 bits per heavy atom. The summed E-state index contributed by atoms with van der Waals surface area (Å²) in [5.74, 6) is 1.43. The summed E-state index contributed by atoms with van der Waals surface area (Å²) in [6.45, 7) is 0.832. The highest BCUT2D eigenvalue weighted by Gasteiger charge is 2.33. The first-order valence-electron chi connectivity index (χ1n) is 10.1. The van der Waals surface area contributed by atoms with Gasteiger partial charge in [0.25, 0.3) is 12.0 Å². The number of rotatable bonds is 6. The summed E-state index contributed by atoms with van der Waals surface area (Å²) in [7, 11) is 0. The van der Waals surface area contributed by atoms with Crippen LogP contribution in [0.1, 0.15) is 49.4 Å². The highest BCUT2D eigenvalue weighted by Crippen LogP contribution is 2.37. The van der Waals surface area contributed by atoms with Crippen molar-refractivity contribution < 1.29 is 8.78 Å². The molecule has 0 bridgehead atoms. The van der Waals surface area contributed by atoms with Gasteiger partial charge in [-0.3, -0.25) is 14.3 Å². The van der Waals surface area contributed by atoms with E-state index in [0.717, 1.165) is 25.2 Å². The van der Waals surface area contributed by atoms with Crippen LogP contribution in [0.5, 0.6) is 0 Å². The molecule has 2 aliphatic rings. The van der Waals surface area contributed by atoms with E-state index in [0.29, 0.717) is 29.3 Å². The van der Waals surface area contributed by atoms with Crippen molar-refractivity contribution in [3.63, 3.8) is 0 Å². The summed E-state index contributed by atoms with van der Waals surface area (Å²) < 4.78 is 30.0. The van der Waals surface area contributed by atoms with Crippen molar-refractivity contribution in [2.24, 2.45) is 0 Å². The van der Waals surface area contributed by atoms with Gasteiger partial charge in [-0.1, -0.05) is 12.1 Å². The van der Waals surface area contributed by atoms with Gasteiger partial charge >= 0.3 is 0 Å². The molecule has 0 N–H and O–H groups in total. The van der Waals surface area contributed by atoms with E-state index in [-0.39, 0.29) is 6.04 Å². The molecule has 0 amide bonds. The molecule has 1 aliphatic heterocycles. The molecule has 8 heteroatoms. The molecule has 1 saturated carbocycles. The highest BCUT2D eigenvalue weighted by molar-refractivity contribution is 5.77. The maximum Gasteiger partial charge on any atom is 0.261 e. The van der Waals surface area contributed by atoms with Gasteiger partial charge in [-0.15, -0.1) is 0 Å². The minimum Gasteiger partial charge on any atom is -0.331 e. The zero-order valence-corrected chi connectivity index (χ0v) is 16.0. The molecule has 2 fully saturated rings. The Balaban J connectivity index is 1.54. The molecule has 2 aromatic heterocycles. The molecule has 0 spiro atoms. The van der Waals surface area contributed by atoms with Crippen LogP contribution < -0.4 is 5.56 Å². The second kappa shape index (κ2) is 7.33. The van der Waals surface area contributed by atoms with Crippen LogP contribution in [0.2, 0.25) is 0 Å². The van der Waals surface area contributed by atoms with Gasteiger partial charge in [0.05, 0.1) is 30.0 Å². The molecule has 0 radical (unpaired) electrons. The molecular formula is C21H23F2N5O. The van der Waals surface area contributed by atoms with Crippen molar-refractivity contribution in [3.05, 3.63) is 58.7 Å². The number of fused-ring (bicyclic) bond motifs is 1. The fourth-order valence-electron chi connectivity index (χ4n) is 4.40. The Morgan fingerprint density at radius 3 is 2.79 bits per heavy atom. The summed E-state index contributed by atoms with van der Waals surface area (Å²) in [6.07, 6.45) is 5.29. The summed E-state index contributed by atoms with van der Waals surface area (Å²) in [6, 6.07) is 7.33. The number of hydrogen-bond acceptors (Lipinski definition) is 4. The molecule has 6 nitrogen and oxygen atoms in total. The van der Waals surface area contributed by atoms with E-state index in [2.05, 4.69) is 19.4 Å². The van der Waals surface area contributed by atoms with Crippen molar-refractivity contribution >= 4 is 10.9 Å². The Kier molecular flexibility index (Phi) is 4.66. The van der Waals surface area contributed by atoms with Crippen LogP contribution in [0.4, 0.5) is 8.78 Å². The molecule has 29 heavy (non-hydrogen) atoms. The number of halogens is 2. The lowest BCUT2D eigenvalue weighted by Crippen LogP contribution is -2.34. The first-order valence-corrected chi connectivity index (χ1v) is 10.1. The maximum atomic E-state index is 13.3. The normalized spacial score (nSPS) is 20.2. The summed E-state index contributed by atoms with van der Waals surface area (Å²) >= 11 is 0. The SMILES string of the molecule is O=c1c2ccccc2nc(C2CCCN2Cc2nccn2C2CC2)n1CC(F)F. The molecule has 1 aliphatic carbocycles. The lowest BCUT2D eigenvalue weighted by Gasteiger charge is -2.26. The summed E-state index contributed by atoms with van der Waals surface area (Å²) in [5.41, 5.74) is 0.168. The van der Waals surface area contributed by atoms with Crippen LogP contribution in [0.15, 0.2) is 41.5 Å². The molecule has 1 atom stereocenters. The van der Waals surface area contributed by atoms with E-state index in [4.69, 9.17) is 0 Å². The lowest BCUT2D eigenvalue weighted by molar-refractivity contribution is 0.120. The molecule has 3 aromatic rings. The van der Waals surface area contributed by atoms with E-state index < -0.39 is 18.5 Å². The van der Waals surface area contributed by atoms with Crippen LogP contribution in [0.25, 0.3) is 10.9 Å². The van der Waals surface area contributed by atoms with Crippen molar-refractivity contribution in [2.45, 2.75) is 57.3 Å². The van der Waals surface area contributed by atoms with Gasteiger partial charge in [-0.05, 0) is 44.4 Å². The van der Waals surface area contributed by atoms with Crippen LogP contribution >= 0.6 is 0 Å². The zero-order valence-electron chi connectivity index (χ0n) is 16.0. The third-order valence-corrected chi connectivity index (χ3v) is 5.91. The number of likely N-dealkylation sites (tertiary alicyclic amines) is 1. The molecular weight excluding hydrogens is 376 g/mol. The smallest absolute Gasteiger partial charge is 0.261 e. The average molecular weight is 399 g/mol. The quantitative estimate of drug-likeness (QED) is 0.636. The average Bonchev–Trinajstić information content (AvgIpc) is 3.27. The summed E-state index contributed by atoms with van der Waals surface area (Å²) in [5, 5.41) is 0.380. The Labute approximate surface area is 166 Å². The number of alkyl halides is 2. The van der Waals surface area contributed by atoms with Crippen LogP contribution in [0.3, 0.4) is 0 Å². The van der Waals surface area contributed by atoms with Crippen LogP contribution in [-0.2, 0) is 13.1 Å². The molecule has 1 saturated heterocycles. The maximum absolute atomic E-state index is 13.3. The molecule has 5 rings (SSSR count). The molecule has 1 aromatic carbocycles. The largest absolute Gasteiger partial charge is 0.331 e. The number of nitrogens with zero attached hydrogens (tertiary/aromatic N) is 5. The Morgan fingerprint density at radius 1 is 1.17 bits per heavy atom. The van der Waals surface area contributed by atoms with E-state index >= 15 is 0 Å². The minimum absolute atomic E-state index is 0.171. The lowest BCUT2D eigenvalue weighted by atomic mass is 10.1. The number of hydrogen-bond donors (Lipinski definition) is 0. The fraction of sp³-hybridized carbons (Fsp3) is 0.476. The van der Waals surface area contributed by atoms with Gasteiger partial charge in [0.2, 0.25) is 0 Å². The van der Waals surface area contributed by atoms with Gasteiger partial charge in [-0.25, -0.2) is 18.7 Å². The third kappa shape index (κ3) is 3.46. The van der Waals surface area contributed by atoms with E-state index in [1.54, 1.807) is 18.2 Å². The molecule has 3 heterocycles. The van der Waals surface area contributed by atoms with E-state index in [1.165, 1.54) is 17.4 Å². The van der Waals surface area contributed by atoms with Crippen LogP contribution in [0, 0.1) is 0 Å². The van der Waals surface area contributed by atoms with Crippen molar-refractivity contribution in [1.82, 2.24) is 24.0 Å². The van der Waals surface area contributed by atoms with Crippen molar-refractivity contribution in [2.75, 3.05) is 6.54 Å². The Hall–Kier alpha value is -2.61. The van der Waals surface area contributed by atoms with Gasteiger partial charge in [0.1, 0.15) is 11.6 Å². The topological polar surface area (TPSA) is 56.0 Å². The number of para-hydroxylation sites is 1. The van der Waals surface area contributed by atoms with Crippen LogP contribution in [-0.4, -0.2) is 37.0 Å². The van der Waals surface area contributed by atoms with E-state index in [9.17, 15) is 13.6 Å². The first kappa shape index (κ1) is 18.4. The molecule has 152 valence electrons. The van der Waals surface area contributed by atoms with E-state index in [1.807, 2.05) is 18.5 Å². The first-order chi connectivity index (χ1) is 14.1. The predicted octanol–water partition coefficient (Wildman–Crippen LogP) is 3.53. The highest BCUT2D eigenvalue weighted by atomic mass is 19.3. The van der Waals surface area contributed by atoms with Gasteiger partial charge in [0.15, 0.2) is 0 Å². The van der Waals surface area contributed by atoms with Gasteiger partial charge < -0.3 is 4.57 Å². The predicted molar refractivity (Wildman–Crippen MR) is 105 cm³/mol. The number of aromatic nitrogens is 4. The van der Waals surface area contributed by atoms with Gasteiger partial charge in [-0.2, -0.15) is 0 Å². The number of imidazole rings is 1. The fourth-order valence-corrected chi connectivity index (χ4v) is 4.40. The third-order valence-electron chi connectivity index (χ3n) is 5.91. The Bertz CT molecular complexity index is 1090. The van der Waals surface area contributed by atoms with Gasteiger partial charge in [0, 0.05) is 18.4 Å². The second-order valence-electron chi connectivity index (χ2n) is 7.90. The second-order valence-corrected chi connectivity index (χ2v) is 7.90. The zero-order chi connectivity index (χ0) is 20.0. The monoisotopic (exact) mass is 399 g/mol. The minimum atomic E-state index is -2.61. The number of benzene rings is 1. The standard InChI is InChI=1S/C21H23F2N5O/c22-18(23)12-28-20(25-16-5-2-1-4-15(16)21(28)29)17-6-3-10-26(17)13-19-24-9-11-27(19)14-7-8-14/h1-2,4-5,9,11,14,17-18H,3,6-8,10,12-13H2. The summed E-state index contributed by atoms with van der Waals surface area (Å²) in [4.78, 5) is 24.4.